The molecule has 0 amide bonds. The number of halogens is 1. The third-order valence-electron chi connectivity index (χ3n) is 3.78. The van der Waals surface area contributed by atoms with Crippen LogP contribution < -0.4 is 0 Å². The molecule has 0 fully saturated rings. The van der Waals surface area contributed by atoms with Crippen LogP contribution in [0.1, 0.15) is 21.5 Å². The van der Waals surface area contributed by atoms with Crippen LogP contribution >= 0.6 is 11.6 Å². The van der Waals surface area contributed by atoms with Gasteiger partial charge in [0.25, 0.3) is 0 Å². The Hall–Kier alpha value is -2.58. The molecule has 0 saturated carbocycles. The normalized spacial score (nSPS) is 10.5. The molecule has 0 bridgehead atoms. The van der Waals surface area contributed by atoms with E-state index < -0.39 is 5.97 Å². The first-order valence-corrected chi connectivity index (χ1v) is 7.68. The lowest BCUT2D eigenvalue weighted by molar-refractivity contribution is 0.0697. The number of aromatic carboxylic acids is 1. The number of carboxylic acids is 1. The Labute approximate surface area is 140 Å². The van der Waals surface area contributed by atoms with Crippen LogP contribution in [0.25, 0.3) is 11.1 Å². The maximum atomic E-state index is 11.0. The van der Waals surface area contributed by atoms with E-state index in [9.17, 15) is 4.79 Å². The lowest BCUT2D eigenvalue weighted by atomic mass is 9.94. The van der Waals surface area contributed by atoms with Gasteiger partial charge in [-0.3, -0.25) is 0 Å². The number of hydrogen-bond acceptors (Lipinski definition) is 1. The van der Waals surface area contributed by atoms with Crippen molar-refractivity contribution in [1.29, 1.82) is 0 Å². The molecule has 3 heteroatoms. The second kappa shape index (κ2) is 6.67. The molecule has 3 aromatic rings. The van der Waals surface area contributed by atoms with Gasteiger partial charge in [-0.2, -0.15) is 0 Å². The van der Waals surface area contributed by atoms with Crippen molar-refractivity contribution in [1.82, 2.24) is 0 Å². The van der Waals surface area contributed by atoms with E-state index >= 15 is 0 Å². The standard InChI is InChI=1S/C20H15ClO2/c21-19-13-17(20(22)23)11-10-16(19)12-15-8-4-5-9-18(15)14-6-2-1-3-7-14/h1-11,13H,12H2,(H,22,23). The highest BCUT2D eigenvalue weighted by atomic mass is 35.5. The Bertz CT molecular complexity index is 841. The van der Waals surface area contributed by atoms with Crippen molar-refractivity contribution in [3.8, 4) is 11.1 Å². The molecule has 0 unspecified atom stereocenters. The van der Waals surface area contributed by atoms with E-state index in [-0.39, 0.29) is 5.56 Å². The Morgan fingerprint density at radius 2 is 1.57 bits per heavy atom. The molecule has 3 aromatic carbocycles. The molecule has 0 aliphatic heterocycles. The topological polar surface area (TPSA) is 37.3 Å². The molecule has 1 N–H and O–H groups in total. The van der Waals surface area contributed by atoms with E-state index in [1.54, 1.807) is 12.1 Å². The van der Waals surface area contributed by atoms with E-state index in [0.29, 0.717) is 11.4 Å². The summed E-state index contributed by atoms with van der Waals surface area (Å²) < 4.78 is 0. The molecule has 0 heterocycles. The highest BCUT2D eigenvalue weighted by molar-refractivity contribution is 6.31. The van der Waals surface area contributed by atoms with Gasteiger partial charge in [0.1, 0.15) is 0 Å². The number of rotatable bonds is 4. The summed E-state index contributed by atoms with van der Waals surface area (Å²) >= 11 is 6.26. The highest BCUT2D eigenvalue weighted by Gasteiger charge is 2.10. The molecule has 0 aliphatic carbocycles. The highest BCUT2D eigenvalue weighted by Crippen LogP contribution is 2.28. The zero-order valence-electron chi connectivity index (χ0n) is 12.4. The van der Waals surface area contributed by atoms with Gasteiger partial charge in [0, 0.05) is 5.02 Å². The SMILES string of the molecule is O=C(O)c1ccc(Cc2ccccc2-c2ccccc2)c(Cl)c1. The summed E-state index contributed by atoms with van der Waals surface area (Å²) in [7, 11) is 0. The predicted molar refractivity (Wildman–Crippen MR) is 93.1 cm³/mol. The van der Waals surface area contributed by atoms with Crippen molar-refractivity contribution in [2.45, 2.75) is 6.42 Å². The molecule has 0 aliphatic rings. The lowest BCUT2D eigenvalue weighted by Gasteiger charge is -2.11. The maximum Gasteiger partial charge on any atom is 0.335 e. The quantitative estimate of drug-likeness (QED) is 0.708. The first-order chi connectivity index (χ1) is 11.1. The summed E-state index contributed by atoms with van der Waals surface area (Å²) in [6.45, 7) is 0. The third kappa shape index (κ3) is 3.43. The van der Waals surface area contributed by atoms with Crippen molar-refractivity contribution in [3.05, 3.63) is 94.5 Å². The van der Waals surface area contributed by atoms with Crippen molar-refractivity contribution in [2.75, 3.05) is 0 Å². The summed E-state index contributed by atoms with van der Waals surface area (Å²) in [6.07, 6.45) is 0.657. The van der Waals surface area contributed by atoms with Crippen LogP contribution in [0.3, 0.4) is 0 Å². The summed E-state index contributed by atoms with van der Waals surface area (Å²) in [5.74, 6) is -0.969. The van der Waals surface area contributed by atoms with Crippen molar-refractivity contribution < 1.29 is 9.90 Å². The second-order valence-electron chi connectivity index (χ2n) is 5.31. The average molecular weight is 323 g/mol. The minimum atomic E-state index is -0.969. The van der Waals surface area contributed by atoms with Gasteiger partial charge in [-0.25, -0.2) is 4.79 Å². The van der Waals surface area contributed by atoms with Gasteiger partial charge in [0.05, 0.1) is 5.56 Å². The van der Waals surface area contributed by atoms with Gasteiger partial charge in [-0.05, 0) is 40.8 Å². The molecule has 0 atom stereocenters. The van der Waals surface area contributed by atoms with E-state index in [0.717, 1.165) is 22.3 Å². The number of benzene rings is 3. The van der Waals surface area contributed by atoms with Crippen LogP contribution in [-0.4, -0.2) is 11.1 Å². The van der Waals surface area contributed by atoms with Crippen LogP contribution in [-0.2, 0) is 6.42 Å². The van der Waals surface area contributed by atoms with E-state index in [4.69, 9.17) is 16.7 Å². The van der Waals surface area contributed by atoms with Gasteiger partial charge in [-0.1, -0.05) is 72.3 Å². The minimum absolute atomic E-state index is 0.204. The maximum absolute atomic E-state index is 11.0. The molecule has 0 spiro atoms. The average Bonchev–Trinajstić information content (AvgIpc) is 2.58. The first-order valence-electron chi connectivity index (χ1n) is 7.30. The molecule has 0 saturated heterocycles. The molecule has 3 rings (SSSR count). The van der Waals surface area contributed by atoms with Gasteiger partial charge < -0.3 is 5.11 Å². The monoisotopic (exact) mass is 322 g/mol. The van der Waals surface area contributed by atoms with Gasteiger partial charge in [-0.15, -0.1) is 0 Å². The summed E-state index contributed by atoms with van der Waals surface area (Å²) in [4.78, 5) is 11.0. The van der Waals surface area contributed by atoms with Crippen molar-refractivity contribution >= 4 is 17.6 Å². The first kappa shape index (κ1) is 15.3. The Morgan fingerprint density at radius 3 is 2.26 bits per heavy atom. The number of hydrogen-bond donors (Lipinski definition) is 1. The van der Waals surface area contributed by atoms with Crippen LogP contribution in [0.2, 0.25) is 5.02 Å². The fourth-order valence-corrected chi connectivity index (χ4v) is 2.85. The van der Waals surface area contributed by atoms with Gasteiger partial charge >= 0.3 is 5.97 Å². The Kier molecular flexibility index (Phi) is 4.45. The molecule has 2 nitrogen and oxygen atoms in total. The molecule has 114 valence electrons. The summed E-state index contributed by atoms with van der Waals surface area (Å²) in [5.41, 5.74) is 4.59. The van der Waals surface area contributed by atoms with Crippen molar-refractivity contribution in [3.63, 3.8) is 0 Å². The zero-order valence-corrected chi connectivity index (χ0v) is 13.1. The Balaban J connectivity index is 1.97. The van der Waals surface area contributed by atoms with Crippen molar-refractivity contribution in [2.24, 2.45) is 0 Å². The van der Waals surface area contributed by atoms with Crippen LogP contribution in [0.4, 0.5) is 0 Å². The van der Waals surface area contributed by atoms with Gasteiger partial charge in [0.2, 0.25) is 0 Å². The fourth-order valence-electron chi connectivity index (χ4n) is 2.60. The zero-order chi connectivity index (χ0) is 16.2. The number of carbonyl (C=O) groups is 1. The predicted octanol–water partition coefficient (Wildman–Crippen LogP) is 5.30. The third-order valence-corrected chi connectivity index (χ3v) is 4.13. The van der Waals surface area contributed by atoms with Crippen LogP contribution in [0.5, 0.6) is 0 Å². The fraction of sp³-hybridized carbons (Fsp3) is 0.0500. The molecule has 0 radical (unpaired) electrons. The Morgan fingerprint density at radius 1 is 0.870 bits per heavy atom. The number of carboxylic acid groups (broad SMARTS) is 1. The molecule has 0 aromatic heterocycles. The summed E-state index contributed by atoms with van der Waals surface area (Å²) in [5, 5.41) is 9.50. The molecule has 23 heavy (non-hydrogen) atoms. The lowest BCUT2D eigenvalue weighted by Crippen LogP contribution is -1.98. The smallest absolute Gasteiger partial charge is 0.335 e. The summed E-state index contributed by atoms with van der Waals surface area (Å²) in [6, 6.07) is 23.2. The van der Waals surface area contributed by atoms with E-state index in [1.807, 2.05) is 30.3 Å². The molecular formula is C20H15ClO2. The van der Waals surface area contributed by atoms with Crippen LogP contribution in [0.15, 0.2) is 72.8 Å². The molecular weight excluding hydrogens is 308 g/mol. The largest absolute Gasteiger partial charge is 0.478 e. The van der Waals surface area contributed by atoms with E-state index in [1.165, 1.54) is 6.07 Å². The van der Waals surface area contributed by atoms with Crippen LogP contribution in [0, 0.1) is 0 Å². The van der Waals surface area contributed by atoms with E-state index in [2.05, 4.69) is 24.3 Å². The second-order valence-corrected chi connectivity index (χ2v) is 5.72. The van der Waals surface area contributed by atoms with Gasteiger partial charge in [0.15, 0.2) is 0 Å². The minimum Gasteiger partial charge on any atom is -0.478 e.